The quantitative estimate of drug-likeness (QED) is 0.843. The summed E-state index contributed by atoms with van der Waals surface area (Å²) in [6.07, 6.45) is 6.19. The molecule has 6 heteroatoms. The average Bonchev–Trinajstić information content (AvgIpc) is 2.98. The summed E-state index contributed by atoms with van der Waals surface area (Å²) in [7, 11) is 0. The minimum absolute atomic E-state index is 0.215. The fourth-order valence-electron chi connectivity index (χ4n) is 3.28. The van der Waals surface area contributed by atoms with Crippen molar-refractivity contribution in [2.45, 2.75) is 45.1 Å². The topological polar surface area (TPSA) is 86.0 Å². The molecule has 2 aliphatic carbocycles. The standard InChI is InChI=1S/C13H21N5O/c1-2-5-19-13-17-11(14)16-12(18-13)15-10-7-8-3-4-9(10)6-8/h8-10H,2-7H2,1H3,(H3,14,15,16,17,18). The molecule has 3 atom stereocenters. The first-order valence-electron chi connectivity index (χ1n) is 7.15. The van der Waals surface area contributed by atoms with Gasteiger partial charge in [0.15, 0.2) is 0 Å². The highest BCUT2D eigenvalue weighted by Gasteiger charge is 2.39. The number of aromatic nitrogens is 3. The molecule has 6 nitrogen and oxygen atoms in total. The molecule has 0 amide bonds. The van der Waals surface area contributed by atoms with Gasteiger partial charge >= 0.3 is 6.01 Å². The van der Waals surface area contributed by atoms with Gasteiger partial charge in [-0.2, -0.15) is 15.0 Å². The Labute approximate surface area is 113 Å². The fraction of sp³-hybridized carbons (Fsp3) is 0.769. The zero-order valence-corrected chi connectivity index (χ0v) is 11.3. The molecule has 0 saturated heterocycles. The van der Waals surface area contributed by atoms with Crippen molar-refractivity contribution in [2.24, 2.45) is 11.8 Å². The van der Waals surface area contributed by atoms with Crippen molar-refractivity contribution in [3.63, 3.8) is 0 Å². The van der Waals surface area contributed by atoms with Crippen LogP contribution >= 0.6 is 0 Å². The summed E-state index contributed by atoms with van der Waals surface area (Å²) in [6.45, 7) is 2.63. The molecule has 0 aliphatic heterocycles. The van der Waals surface area contributed by atoms with Crippen LogP contribution in [0.5, 0.6) is 6.01 Å². The van der Waals surface area contributed by atoms with Gasteiger partial charge in [-0.3, -0.25) is 0 Å². The molecule has 3 unspecified atom stereocenters. The number of anilines is 2. The monoisotopic (exact) mass is 263 g/mol. The average molecular weight is 263 g/mol. The molecule has 3 N–H and O–H groups in total. The maximum atomic E-state index is 5.70. The van der Waals surface area contributed by atoms with Crippen LogP contribution in [0, 0.1) is 11.8 Å². The second-order valence-corrected chi connectivity index (χ2v) is 5.57. The Bertz CT molecular complexity index is 453. The van der Waals surface area contributed by atoms with E-state index in [0.717, 1.165) is 18.3 Å². The SMILES string of the molecule is CCCOc1nc(N)nc(NC2CC3CCC2C3)n1. The van der Waals surface area contributed by atoms with Crippen molar-refractivity contribution in [1.29, 1.82) is 0 Å². The highest BCUT2D eigenvalue weighted by molar-refractivity contribution is 5.34. The third kappa shape index (κ3) is 2.72. The van der Waals surface area contributed by atoms with Crippen LogP contribution in [-0.2, 0) is 0 Å². The maximum Gasteiger partial charge on any atom is 0.323 e. The Morgan fingerprint density at radius 2 is 2.16 bits per heavy atom. The van der Waals surface area contributed by atoms with Gasteiger partial charge in [-0.1, -0.05) is 13.3 Å². The highest BCUT2D eigenvalue weighted by Crippen LogP contribution is 2.45. The predicted octanol–water partition coefficient (Wildman–Crippen LogP) is 1.84. The van der Waals surface area contributed by atoms with Crippen LogP contribution in [0.1, 0.15) is 39.0 Å². The van der Waals surface area contributed by atoms with Crippen LogP contribution in [0.25, 0.3) is 0 Å². The predicted molar refractivity (Wildman–Crippen MR) is 72.9 cm³/mol. The minimum Gasteiger partial charge on any atom is -0.463 e. The first-order chi connectivity index (χ1) is 9.24. The second kappa shape index (κ2) is 5.19. The molecule has 104 valence electrons. The summed E-state index contributed by atoms with van der Waals surface area (Å²) < 4.78 is 5.42. The largest absolute Gasteiger partial charge is 0.463 e. The molecular weight excluding hydrogens is 242 g/mol. The van der Waals surface area contributed by atoms with E-state index in [1.165, 1.54) is 25.7 Å². The number of hydrogen-bond acceptors (Lipinski definition) is 6. The van der Waals surface area contributed by atoms with Gasteiger partial charge in [-0.25, -0.2) is 0 Å². The third-order valence-corrected chi connectivity index (χ3v) is 4.12. The Hall–Kier alpha value is -1.59. The van der Waals surface area contributed by atoms with Crippen molar-refractivity contribution in [3.05, 3.63) is 0 Å². The van der Waals surface area contributed by atoms with Gasteiger partial charge in [0.2, 0.25) is 11.9 Å². The zero-order valence-electron chi connectivity index (χ0n) is 11.3. The van der Waals surface area contributed by atoms with Gasteiger partial charge in [-0.05, 0) is 37.5 Å². The molecule has 0 aromatic carbocycles. The molecule has 3 rings (SSSR count). The number of nitrogens with two attached hydrogens (primary N) is 1. The number of hydrogen-bond donors (Lipinski definition) is 2. The maximum absolute atomic E-state index is 5.70. The van der Waals surface area contributed by atoms with E-state index >= 15 is 0 Å². The molecule has 0 spiro atoms. The summed E-state index contributed by atoms with van der Waals surface area (Å²) in [4.78, 5) is 12.4. The molecule has 2 saturated carbocycles. The lowest BCUT2D eigenvalue weighted by molar-refractivity contribution is 0.292. The van der Waals surface area contributed by atoms with E-state index < -0.39 is 0 Å². The fourth-order valence-corrected chi connectivity index (χ4v) is 3.28. The van der Waals surface area contributed by atoms with Gasteiger partial charge < -0.3 is 15.8 Å². The number of rotatable bonds is 5. The van der Waals surface area contributed by atoms with Crippen LogP contribution in [0.4, 0.5) is 11.9 Å². The van der Waals surface area contributed by atoms with Crippen LogP contribution < -0.4 is 15.8 Å². The summed E-state index contributed by atoms with van der Waals surface area (Å²) >= 11 is 0. The van der Waals surface area contributed by atoms with Crippen molar-refractivity contribution in [1.82, 2.24) is 15.0 Å². The minimum atomic E-state index is 0.215. The number of nitrogens with zero attached hydrogens (tertiary/aromatic N) is 3. The van der Waals surface area contributed by atoms with Crippen molar-refractivity contribution in [2.75, 3.05) is 17.7 Å². The lowest BCUT2D eigenvalue weighted by Gasteiger charge is -2.22. The van der Waals surface area contributed by atoms with Gasteiger partial charge in [0.25, 0.3) is 0 Å². The Balaban J connectivity index is 1.68. The Morgan fingerprint density at radius 1 is 1.26 bits per heavy atom. The van der Waals surface area contributed by atoms with E-state index in [0.29, 0.717) is 24.6 Å². The molecule has 0 radical (unpaired) electrons. The van der Waals surface area contributed by atoms with E-state index in [1.807, 2.05) is 6.92 Å². The first-order valence-corrected chi connectivity index (χ1v) is 7.15. The van der Waals surface area contributed by atoms with Crippen LogP contribution in [0.2, 0.25) is 0 Å². The first kappa shape index (κ1) is 12.4. The van der Waals surface area contributed by atoms with Gasteiger partial charge in [-0.15, -0.1) is 0 Å². The van der Waals surface area contributed by atoms with E-state index in [9.17, 15) is 0 Å². The van der Waals surface area contributed by atoms with Crippen molar-refractivity contribution in [3.8, 4) is 6.01 Å². The molecule has 2 aliphatic rings. The van der Waals surface area contributed by atoms with E-state index in [2.05, 4.69) is 20.3 Å². The van der Waals surface area contributed by atoms with E-state index in [4.69, 9.17) is 10.5 Å². The van der Waals surface area contributed by atoms with Crippen molar-refractivity contribution >= 4 is 11.9 Å². The third-order valence-electron chi connectivity index (χ3n) is 4.12. The van der Waals surface area contributed by atoms with E-state index in [-0.39, 0.29) is 5.95 Å². The van der Waals surface area contributed by atoms with Crippen LogP contribution in [0.3, 0.4) is 0 Å². The van der Waals surface area contributed by atoms with Crippen LogP contribution in [0.15, 0.2) is 0 Å². The smallest absolute Gasteiger partial charge is 0.323 e. The number of nitrogens with one attached hydrogen (secondary N) is 1. The molecule has 1 aromatic heterocycles. The van der Waals surface area contributed by atoms with Gasteiger partial charge in [0.1, 0.15) is 0 Å². The number of nitrogen functional groups attached to an aromatic ring is 1. The zero-order chi connectivity index (χ0) is 13.2. The van der Waals surface area contributed by atoms with Crippen molar-refractivity contribution < 1.29 is 4.74 Å². The lowest BCUT2D eigenvalue weighted by Crippen LogP contribution is -2.27. The number of fused-ring (bicyclic) bond motifs is 2. The van der Waals surface area contributed by atoms with E-state index in [1.54, 1.807) is 0 Å². The normalized spacial score (nSPS) is 28.6. The van der Waals surface area contributed by atoms with Gasteiger partial charge in [0.05, 0.1) is 6.61 Å². The number of ether oxygens (including phenoxy) is 1. The summed E-state index contributed by atoms with van der Waals surface area (Å²) in [5.41, 5.74) is 5.70. The summed E-state index contributed by atoms with van der Waals surface area (Å²) in [5.74, 6) is 2.42. The highest BCUT2D eigenvalue weighted by atomic mass is 16.5. The molecule has 2 fully saturated rings. The molecule has 1 heterocycles. The molecule has 2 bridgehead atoms. The summed E-state index contributed by atoms with van der Waals surface area (Å²) in [5, 5.41) is 3.41. The summed E-state index contributed by atoms with van der Waals surface area (Å²) in [6, 6.07) is 0.805. The Morgan fingerprint density at radius 3 is 2.84 bits per heavy atom. The molecule has 1 aromatic rings. The lowest BCUT2D eigenvalue weighted by atomic mass is 9.95. The van der Waals surface area contributed by atoms with Gasteiger partial charge in [0, 0.05) is 6.04 Å². The molecular formula is C13H21N5O. The van der Waals surface area contributed by atoms with Crippen LogP contribution in [-0.4, -0.2) is 27.6 Å². The second-order valence-electron chi connectivity index (χ2n) is 5.57. The Kier molecular flexibility index (Phi) is 3.40. The molecule has 19 heavy (non-hydrogen) atoms.